The van der Waals surface area contributed by atoms with Crippen molar-refractivity contribution in [1.29, 1.82) is 0 Å². The number of aliphatic hydroxyl groups is 1. The van der Waals surface area contributed by atoms with Crippen molar-refractivity contribution in [2.24, 2.45) is 5.92 Å². The Balaban J connectivity index is 1.28. The molecule has 3 aromatic rings. The number of epoxide rings is 1. The zero-order valence-electron chi connectivity index (χ0n) is 37.6. The first-order valence-electron chi connectivity index (χ1n) is 21.0. The molecule has 4 bridgehead atoms. The second kappa shape index (κ2) is 19.4. The van der Waals surface area contributed by atoms with E-state index in [0.29, 0.717) is 30.9 Å². The van der Waals surface area contributed by atoms with Gasteiger partial charge in [0.2, 0.25) is 11.8 Å². The summed E-state index contributed by atoms with van der Waals surface area (Å²) in [7, 11) is 9.78. The van der Waals surface area contributed by atoms with E-state index in [1.54, 1.807) is 58.3 Å². The quantitative estimate of drug-likeness (QED) is 0.139. The highest BCUT2D eigenvalue weighted by molar-refractivity contribution is 6.35. The molecule has 17 nitrogen and oxygen atoms in total. The van der Waals surface area contributed by atoms with Crippen molar-refractivity contribution in [3.05, 3.63) is 76.6 Å². The summed E-state index contributed by atoms with van der Waals surface area (Å²) in [5.74, 6) is -1.69. The predicted octanol–water partition coefficient (Wildman–Crippen LogP) is 4.52. The van der Waals surface area contributed by atoms with Crippen molar-refractivity contribution < 1.29 is 48.0 Å². The number of hydrazine groups is 1. The number of carbonyl (C=O) groups is 4. The third kappa shape index (κ3) is 10.2. The minimum atomic E-state index is -1.85. The number of carbonyl (C=O) groups excluding carboxylic acids is 4. The van der Waals surface area contributed by atoms with E-state index in [9.17, 15) is 24.3 Å². The second-order valence-electron chi connectivity index (χ2n) is 16.9. The lowest BCUT2D eigenvalue weighted by Gasteiger charge is -2.42. The molecule has 3 aliphatic rings. The molecule has 342 valence electrons. The van der Waals surface area contributed by atoms with Gasteiger partial charge in [-0.1, -0.05) is 42.3 Å². The Hall–Kier alpha value is -5.04. The number of rotatable bonds is 11. The predicted molar refractivity (Wildman–Crippen MR) is 236 cm³/mol. The van der Waals surface area contributed by atoms with Gasteiger partial charge < -0.3 is 43.2 Å². The lowest BCUT2D eigenvalue weighted by molar-refractivity contribution is -0.162. The smallest absolute Gasteiger partial charge is 0.409 e. The molecule has 8 atom stereocenters. The van der Waals surface area contributed by atoms with E-state index < -0.39 is 65.7 Å². The van der Waals surface area contributed by atoms with E-state index in [2.05, 4.69) is 15.7 Å². The van der Waals surface area contributed by atoms with Crippen molar-refractivity contribution in [3.8, 4) is 5.75 Å². The van der Waals surface area contributed by atoms with Gasteiger partial charge in [0.05, 0.1) is 31.9 Å². The highest BCUT2D eigenvalue weighted by Gasteiger charge is 2.64. The van der Waals surface area contributed by atoms with Crippen molar-refractivity contribution in [3.63, 3.8) is 0 Å². The number of halogens is 1. The van der Waals surface area contributed by atoms with Crippen LogP contribution in [0, 0.1) is 5.92 Å². The Bertz CT molecular complexity index is 2270. The fraction of sp³-hybridized carbons (Fsp3) is 0.533. The molecule has 0 aliphatic carbocycles. The number of benzene rings is 1. The van der Waals surface area contributed by atoms with Gasteiger partial charge in [-0.3, -0.25) is 20.3 Å². The van der Waals surface area contributed by atoms with Gasteiger partial charge in [-0.2, -0.15) is 0 Å². The number of alkyl carbamates (subject to hydrolysis) is 1. The van der Waals surface area contributed by atoms with Gasteiger partial charge >= 0.3 is 12.1 Å². The normalized spacial score (nSPS) is 28.3. The molecule has 2 fully saturated rings. The molecule has 3 amide bonds. The number of pyridine rings is 1. The van der Waals surface area contributed by atoms with Gasteiger partial charge in [-0.15, -0.1) is 0 Å². The Labute approximate surface area is 373 Å². The van der Waals surface area contributed by atoms with Crippen LogP contribution in [0.15, 0.2) is 60.3 Å². The van der Waals surface area contributed by atoms with E-state index in [0.717, 1.165) is 27.9 Å². The molecule has 5 heterocycles. The van der Waals surface area contributed by atoms with Gasteiger partial charge in [0.15, 0.2) is 5.72 Å². The summed E-state index contributed by atoms with van der Waals surface area (Å²) < 4.78 is 31.6. The van der Waals surface area contributed by atoms with Gasteiger partial charge in [0.25, 0.3) is 0 Å². The fourth-order valence-corrected chi connectivity index (χ4v) is 8.76. The fourth-order valence-electron chi connectivity index (χ4n) is 8.45. The molecule has 0 spiro atoms. The molecule has 2 saturated heterocycles. The number of esters is 1. The number of ether oxygens (including phenoxy) is 5. The maximum atomic E-state index is 14.4. The zero-order chi connectivity index (χ0) is 46.0. The van der Waals surface area contributed by atoms with Gasteiger partial charge in [0, 0.05) is 70.8 Å². The molecule has 3 N–H and O–H groups in total. The van der Waals surface area contributed by atoms with E-state index in [4.69, 9.17) is 35.3 Å². The average molecular weight is 894 g/mol. The van der Waals surface area contributed by atoms with Crippen LogP contribution in [0.3, 0.4) is 0 Å². The number of amides is 3. The van der Waals surface area contributed by atoms with E-state index >= 15 is 0 Å². The molecule has 6 rings (SSSR count). The van der Waals surface area contributed by atoms with Crippen LogP contribution >= 0.6 is 11.6 Å². The Morgan fingerprint density at radius 1 is 1.21 bits per heavy atom. The van der Waals surface area contributed by atoms with Crippen molar-refractivity contribution in [2.45, 2.75) is 108 Å². The summed E-state index contributed by atoms with van der Waals surface area (Å²) in [5.41, 5.74) is 3.80. The summed E-state index contributed by atoms with van der Waals surface area (Å²) in [6.07, 6.45) is 2.55. The maximum Gasteiger partial charge on any atom is 0.409 e. The number of methoxy groups -OCH3 is 2. The van der Waals surface area contributed by atoms with Gasteiger partial charge in [-0.05, 0) is 70.1 Å². The largest absolute Gasteiger partial charge is 0.495 e. The standard InChI is InChI=1S/C45H60ClN7O10/c1-26-13-11-15-35(60-10)45(58)24-34(61-43(57)49-45)27(2)40-44(4,63-40)36(23-38(55)52(8)32-20-29(19-26)21-33(59-9)39(32)46)62-42(56)28(3)51(7)37(54)16-18-53-31(25-50(6)47-5)22-30-14-12-17-48-41(30)53/h11-15,17,20-22,27-28,34-36,40,47,58H,16,18-19,23-25H2,1-10H3,(H,49,57)/b15-11+,26-13+/t27-,28+,34+,35-,36+,40?,44+,45-/m1/s1. The zero-order valence-corrected chi connectivity index (χ0v) is 38.4. The number of allylic oxidation sites excluding steroid dienone is 3. The highest BCUT2D eigenvalue weighted by Crippen LogP contribution is 2.49. The van der Waals surface area contributed by atoms with Crippen LogP contribution in [0.4, 0.5) is 10.5 Å². The average Bonchev–Trinajstić information content (AvgIpc) is 3.83. The van der Waals surface area contributed by atoms with E-state index in [1.165, 1.54) is 31.1 Å². The number of fused-ring (bicyclic) bond motifs is 6. The number of aromatic nitrogens is 2. The van der Waals surface area contributed by atoms with Crippen LogP contribution in [0.2, 0.25) is 5.02 Å². The summed E-state index contributed by atoms with van der Waals surface area (Å²) >= 11 is 6.82. The lowest BCUT2D eigenvalue weighted by atomic mass is 9.83. The third-order valence-electron chi connectivity index (χ3n) is 12.6. The van der Waals surface area contributed by atoms with E-state index in [-0.39, 0.29) is 30.2 Å². The first-order valence-corrected chi connectivity index (χ1v) is 21.4. The molecule has 0 radical (unpaired) electrons. The summed E-state index contributed by atoms with van der Waals surface area (Å²) in [6, 6.07) is 8.41. The number of nitrogens with one attached hydrogen (secondary N) is 2. The molecule has 3 aliphatic heterocycles. The molecule has 1 aromatic carbocycles. The first kappa shape index (κ1) is 47.4. The monoisotopic (exact) mass is 893 g/mol. The summed E-state index contributed by atoms with van der Waals surface area (Å²) in [6.45, 7) is 7.89. The topological polar surface area (TPSA) is 190 Å². The van der Waals surface area contributed by atoms with Crippen LogP contribution in [-0.2, 0) is 52.8 Å². The third-order valence-corrected chi connectivity index (χ3v) is 13.0. The Kier molecular flexibility index (Phi) is 14.6. The van der Waals surface area contributed by atoms with Crippen LogP contribution in [0.25, 0.3) is 11.0 Å². The number of nitrogens with zero attached hydrogens (tertiary/aromatic N) is 5. The lowest BCUT2D eigenvalue weighted by Crippen LogP contribution is -2.63. The van der Waals surface area contributed by atoms with Crippen LogP contribution < -0.4 is 20.4 Å². The molecule has 63 heavy (non-hydrogen) atoms. The summed E-state index contributed by atoms with van der Waals surface area (Å²) in [5, 5.41) is 17.4. The summed E-state index contributed by atoms with van der Waals surface area (Å²) in [4.78, 5) is 62.6. The number of hydrogen-bond acceptors (Lipinski definition) is 13. The molecule has 0 saturated carbocycles. The number of hydrogen-bond donors (Lipinski definition) is 3. The van der Waals surface area contributed by atoms with Crippen LogP contribution in [0.1, 0.15) is 58.2 Å². The van der Waals surface area contributed by atoms with Crippen LogP contribution in [-0.4, -0.2) is 133 Å². The van der Waals surface area contributed by atoms with E-state index in [1.807, 2.05) is 54.9 Å². The number of aryl methyl sites for hydroxylation is 1. The SMILES string of the molecule is CNN(C)Cc1cc2cccnc2n1CCC(=O)N(C)[C@@H](C)C(=O)O[C@H]1CC(=O)N(C)c2cc(cc(OC)c2Cl)C/C(C)=C/C=C/[C@@H](OC)[C@]2(O)C[C@H](OC(=O)N2)[C@@H](C)C2O[C@]21C. The molecule has 1 unspecified atom stereocenters. The Morgan fingerprint density at radius 3 is 2.65 bits per heavy atom. The highest BCUT2D eigenvalue weighted by atomic mass is 35.5. The number of likely N-dealkylation sites (N-methyl/N-ethyl adjacent to an activating group) is 1. The minimum Gasteiger partial charge on any atom is -0.495 e. The molecule has 18 heteroatoms. The number of anilines is 1. The minimum absolute atomic E-state index is 0.0653. The molecule has 2 aromatic heterocycles. The molecular formula is C45H60ClN7O10. The van der Waals surface area contributed by atoms with Crippen molar-refractivity contribution in [2.75, 3.05) is 47.3 Å². The second-order valence-corrected chi connectivity index (χ2v) is 17.3. The van der Waals surface area contributed by atoms with Crippen molar-refractivity contribution >= 4 is 52.2 Å². The first-order chi connectivity index (χ1) is 29.8. The maximum absolute atomic E-state index is 14.4. The van der Waals surface area contributed by atoms with Crippen LogP contribution in [0.5, 0.6) is 5.75 Å². The van der Waals surface area contributed by atoms with Crippen molar-refractivity contribution in [1.82, 2.24) is 30.2 Å². The molecular weight excluding hydrogens is 834 g/mol. The van der Waals surface area contributed by atoms with Gasteiger partial charge in [0.1, 0.15) is 46.4 Å². The Morgan fingerprint density at radius 2 is 1.95 bits per heavy atom. The van der Waals surface area contributed by atoms with Gasteiger partial charge in [-0.25, -0.2) is 19.6 Å².